The van der Waals surface area contributed by atoms with Gasteiger partial charge in [-0.25, -0.2) is 4.79 Å². The van der Waals surface area contributed by atoms with Crippen LogP contribution in [0.15, 0.2) is 95.8 Å². The van der Waals surface area contributed by atoms with Gasteiger partial charge < -0.3 is 9.47 Å². The van der Waals surface area contributed by atoms with Crippen LogP contribution in [0, 0.1) is 0 Å². The molecule has 6 heteroatoms. The first-order chi connectivity index (χ1) is 14.7. The Morgan fingerprint density at radius 2 is 1.50 bits per heavy atom. The number of aromatic nitrogens is 2. The molecule has 0 aliphatic carbocycles. The zero-order valence-corrected chi connectivity index (χ0v) is 16.2. The number of ether oxygens (including phenoxy) is 2. The highest BCUT2D eigenvalue weighted by atomic mass is 16.5. The minimum absolute atomic E-state index is 0.0631. The van der Waals surface area contributed by atoms with Crippen LogP contribution in [-0.2, 0) is 0 Å². The number of hydrogen-bond acceptors (Lipinski definition) is 5. The fourth-order valence-corrected chi connectivity index (χ4v) is 3.00. The first-order valence-corrected chi connectivity index (χ1v) is 9.27. The Kier molecular flexibility index (Phi) is 5.39. The van der Waals surface area contributed by atoms with Gasteiger partial charge >= 0.3 is 5.97 Å². The lowest BCUT2D eigenvalue weighted by molar-refractivity contribution is 0.0727. The van der Waals surface area contributed by atoms with Crippen LogP contribution >= 0.6 is 0 Å². The van der Waals surface area contributed by atoms with Crippen molar-refractivity contribution in [2.24, 2.45) is 0 Å². The van der Waals surface area contributed by atoms with Crippen LogP contribution in [0.25, 0.3) is 17.1 Å². The molecule has 30 heavy (non-hydrogen) atoms. The summed E-state index contributed by atoms with van der Waals surface area (Å²) in [6, 6.07) is 26.2. The van der Waals surface area contributed by atoms with Crippen molar-refractivity contribution >= 4 is 5.97 Å². The van der Waals surface area contributed by atoms with E-state index in [1.54, 1.807) is 31.4 Å². The third-order valence-corrected chi connectivity index (χ3v) is 4.46. The number of rotatable bonds is 5. The molecule has 0 N–H and O–H groups in total. The molecule has 0 unspecified atom stereocenters. The lowest BCUT2D eigenvalue weighted by Crippen LogP contribution is -2.22. The van der Waals surface area contributed by atoms with E-state index in [4.69, 9.17) is 9.47 Å². The molecule has 0 radical (unpaired) electrons. The predicted octanol–water partition coefficient (Wildman–Crippen LogP) is 4.13. The molecule has 0 saturated carbocycles. The fourth-order valence-electron chi connectivity index (χ4n) is 3.00. The summed E-state index contributed by atoms with van der Waals surface area (Å²) in [5.74, 6) is 0.334. The third kappa shape index (κ3) is 3.98. The molecule has 3 aromatic carbocycles. The number of carbonyl (C=O) groups excluding carboxylic acids is 1. The van der Waals surface area contributed by atoms with E-state index in [-0.39, 0.29) is 11.4 Å². The van der Waals surface area contributed by atoms with Crippen LogP contribution in [-0.4, -0.2) is 22.6 Å². The van der Waals surface area contributed by atoms with Crippen molar-refractivity contribution in [3.05, 3.63) is 107 Å². The highest BCUT2D eigenvalue weighted by Crippen LogP contribution is 2.22. The van der Waals surface area contributed by atoms with E-state index in [1.807, 2.05) is 60.7 Å². The van der Waals surface area contributed by atoms with Crippen LogP contribution in [0.3, 0.4) is 0 Å². The summed E-state index contributed by atoms with van der Waals surface area (Å²) in [5.41, 5.74) is 1.36. The fraction of sp³-hybridized carbons (Fsp3) is 0.0417. The number of benzene rings is 3. The topological polar surface area (TPSA) is 70.4 Å². The number of esters is 1. The van der Waals surface area contributed by atoms with Gasteiger partial charge in [0.15, 0.2) is 5.82 Å². The second-order valence-electron chi connectivity index (χ2n) is 6.41. The molecule has 1 heterocycles. The van der Waals surface area contributed by atoms with Gasteiger partial charge in [0.25, 0.3) is 5.56 Å². The Labute approximate surface area is 173 Å². The monoisotopic (exact) mass is 398 g/mol. The maximum atomic E-state index is 13.0. The maximum absolute atomic E-state index is 13.0. The summed E-state index contributed by atoms with van der Waals surface area (Å²) in [6.07, 6.45) is 0. The second-order valence-corrected chi connectivity index (χ2v) is 6.41. The SMILES string of the molecule is COc1ccc(C(=O)Oc2cc(=O)n(-c3ccccc3)c(-c3ccccc3)n2)cc1. The first-order valence-electron chi connectivity index (χ1n) is 9.27. The molecule has 0 spiro atoms. The van der Waals surface area contributed by atoms with Gasteiger partial charge in [-0.15, -0.1) is 0 Å². The Hall–Kier alpha value is -4.19. The van der Waals surface area contributed by atoms with Crippen molar-refractivity contribution in [3.63, 3.8) is 0 Å². The first kappa shape index (κ1) is 19.1. The molecular formula is C24H18N2O4. The van der Waals surface area contributed by atoms with Crippen molar-refractivity contribution in [2.45, 2.75) is 0 Å². The molecule has 0 amide bonds. The number of nitrogens with zero attached hydrogens (tertiary/aromatic N) is 2. The normalized spacial score (nSPS) is 10.4. The highest BCUT2D eigenvalue weighted by Gasteiger charge is 2.16. The standard InChI is InChI=1S/C24H18N2O4/c1-29-20-14-12-18(13-15-20)24(28)30-21-16-22(27)26(19-10-6-3-7-11-19)23(25-21)17-8-4-2-5-9-17/h2-16H,1H3. The van der Waals surface area contributed by atoms with E-state index >= 15 is 0 Å². The van der Waals surface area contributed by atoms with Crippen molar-refractivity contribution in [3.8, 4) is 28.7 Å². The van der Waals surface area contributed by atoms with Crippen molar-refractivity contribution in [1.29, 1.82) is 0 Å². The maximum Gasteiger partial charge on any atom is 0.344 e. The number of carbonyl (C=O) groups is 1. The lowest BCUT2D eigenvalue weighted by Gasteiger charge is -2.13. The summed E-state index contributed by atoms with van der Waals surface area (Å²) >= 11 is 0. The third-order valence-electron chi connectivity index (χ3n) is 4.46. The number of hydrogen-bond donors (Lipinski definition) is 0. The molecule has 0 saturated heterocycles. The van der Waals surface area contributed by atoms with Crippen LogP contribution in [0.2, 0.25) is 0 Å². The molecule has 0 aliphatic rings. The minimum Gasteiger partial charge on any atom is -0.497 e. The molecule has 0 atom stereocenters. The Bertz CT molecular complexity index is 1220. The number of methoxy groups -OCH3 is 1. The van der Waals surface area contributed by atoms with E-state index in [2.05, 4.69) is 4.98 Å². The van der Waals surface area contributed by atoms with E-state index in [9.17, 15) is 9.59 Å². The highest BCUT2D eigenvalue weighted by molar-refractivity contribution is 5.91. The lowest BCUT2D eigenvalue weighted by atomic mass is 10.2. The second kappa shape index (κ2) is 8.45. The molecule has 0 bridgehead atoms. The van der Waals surface area contributed by atoms with Crippen LogP contribution in [0.5, 0.6) is 11.6 Å². The van der Waals surface area contributed by atoms with Crippen LogP contribution < -0.4 is 15.0 Å². The van der Waals surface area contributed by atoms with E-state index in [1.165, 1.54) is 10.6 Å². The summed E-state index contributed by atoms with van der Waals surface area (Å²) in [5, 5.41) is 0. The molecule has 4 aromatic rings. The van der Waals surface area contributed by atoms with Crippen molar-refractivity contribution in [1.82, 2.24) is 9.55 Å². The van der Waals surface area contributed by atoms with Gasteiger partial charge in [-0.2, -0.15) is 4.98 Å². The van der Waals surface area contributed by atoms with E-state index < -0.39 is 5.97 Å². The molecule has 0 aliphatic heterocycles. The summed E-state index contributed by atoms with van der Waals surface area (Å²) in [7, 11) is 1.55. The van der Waals surface area contributed by atoms with Gasteiger partial charge in [0.05, 0.1) is 24.4 Å². The van der Waals surface area contributed by atoms with Gasteiger partial charge in [-0.05, 0) is 36.4 Å². The molecule has 6 nitrogen and oxygen atoms in total. The molecule has 0 fully saturated rings. The molecule has 148 valence electrons. The Morgan fingerprint density at radius 3 is 2.13 bits per heavy atom. The van der Waals surface area contributed by atoms with Gasteiger partial charge in [-0.1, -0.05) is 48.5 Å². The van der Waals surface area contributed by atoms with E-state index in [0.29, 0.717) is 22.8 Å². The van der Waals surface area contributed by atoms with E-state index in [0.717, 1.165) is 5.56 Å². The van der Waals surface area contributed by atoms with Crippen molar-refractivity contribution < 1.29 is 14.3 Å². The average Bonchev–Trinajstić information content (AvgIpc) is 2.80. The van der Waals surface area contributed by atoms with Gasteiger partial charge in [0, 0.05) is 5.56 Å². The molecule has 1 aromatic heterocycles. The van der Waals surface area contributed by atoms with Gasteiger partial charge in [0.1, 0.15) is 5.75 Å². The van der Waals surface area contributed by atoms with Gasteiger partial charge in [-0.3, -0.25) is 9.36 Å². The summed E-state index contributed by atoms with van der Waals surface area (Å²) < 4.78 is 12.0. The zero-order chi connectivity index (χ0) is 20.9. The van der Waals surface area contributed by atoms with Crippen LogP contribution in [0.1, 0.15) is 10.4 Å². The van der Waals surface area contributed by atoms with Gasteiger partial charge in [0.2, 0.25) is 5.88 Å². The Balaban J connectivity index is 1.76. The zero-order valence-electron chi connectivity index (χ0n) is 16.2. The molecular weight excluding hydrogens is 380 g/mol. The van der Waals surface area contributed by atoms with Crippen molar-refractivity contribution in [2.75, 3.05) is 7.11 Å². The smallest absolute Gasteiger partial charge is 0.344 e. The number of para-hydroxylation sites is 1. The quantitative estimate of drug-likeness (QED) is 0.473. The molecule has 4 rings (SSSR count). The average molecular weight is 398 g/mol. The van der Waals surface area contributed by atoms with Crippen LogP contribution in [0.4, 0.5) is 0 Å². The minimum atomic E-state index is -0.610. The summed E-state index contributed by atoms with van der Waals surface area (Å²) in [6.45, 7) is 0. The summed E-state index contributed by atoms with van der Waals surface area (Å²) in [4.78, 5) is 29.9. The largest absolute Gasteiger partial charge is 0.497 e. The Morgan fingerprint density at radius 1 is 0.867 bits per heavy atom. The predicted molar refractivity (Wildman–Crippen MR) is 113 cm³/mol.